The molecule has 0 aromatic heterocycles. The monoisotopic (exact) mass is 274 g/mol. The van der Waals surface area contributed by atoms with Gasteiger partial charge in [0.1, 0.15) is 0 Å². The van der Waals surface area contributed by atoms with Gasteiger partial charge >= 0.3 is 12.1 Å². The number of esters is 1. The SMILES string of the molecule is CCOC(=O)[C@H](CC(=O)c1ccccc1)C(F)(F)F. The molecule has 104 valence electrons. The van der Waals surface area contributed by atoms with Gasteiger partial charge in [0.15, 0.2) is 11.7 Å². The first kappa shape index (κ1) is 15.2. The summed E-state index contributed by atoms with van der Waals surface area (Å²) in [7, 11) is 0. The Kier molecular flexibility index (Phi) is 5.09. The molecule has 0 saturated carbocycles. The molecule has 0 N–H and O–H groups in total. The lowest BCUT2D eigenvalue weighted by Crippen LogP contribution is -2.34. The minimum absolute atomic E-state index is 0.140. The maximum Gasteiger partial charge on any atom is 0.402 e. The minimum Gasteiger partial charge on any atom is -0.466 e. The molecule has 1 aromatic carbocycles. The highest BCUT2D eigenvalue weighted by atomic mass is 19.4. The van der Waals surface area contributed by atoms with Crippen molar-refractivity contribution in [2.24, 2.45) is 5.92 Å². The van der Waals surface area contributed by atoms with Crippen LogP contribution in [0.2, 0.25) is 0 Å². The molecule has 0 saturated heterocycles. The predicted molar refractivity (Wildman–Crippen MR) is 61.6 cm³/mol. The molecule has 0 amide bonds. The molecule has 0 bridgehead atoms. The second kappa shape index (κ2) is 6.36. The summed E-state index contributed by atoms with van der Waals surface area (Å²) in [5.41, 5.74) is 0.140. The molecule has 0 spiro atoms. The molecule has 0 radical (unpaired) electrons. The predicted octanol–water partition coefficient (Wildman–Crippen LogP) is 3.00. The fourth-order valence-corrected chi connectivity index (χ4v) is 1.50. The molecule has 0 fully saturated rings. The fourth-order valence-electron chi connectivity index (χ4n) is 1.50. The van der Waals surface area contributed by atoms with Crippen molar-refractivity contribution in [1.29, 1.82) is 0 Å². The Bertz CT molecular complexity index is 440. The van der Waals surface area contributed by atoms with Gasteiger partial charge in [-0.25, -0.2) is 0 Å². The van der Waals surface area contributed by atoms with Crippen LogP contribution in [0.25, 0.3) is 0 Å². The van der Waals surface area contributed by atoms with Crippen molar-refractivity contribution in [2.75, 3.05) is 6.61 Å². The van der Waals surface area contributed by atoms with Crippen LogP contribution in [0.4, 0.5) is 13.2 Å². The molecular weight excluding hydrogens is 261 g/mol. The molecule has 0 aliphatic rings. The van der Waals surface area contributed by atoms with E-state index in [1.165, 1.54) is 19.1 Å². The van der Waals surface area contributed by atoms with E-state index in [-0.39, 0.29) is 12.2 Å². The van der Waals surface area contributed by atoms with Crippen molar-refractivity contribution in [3.63, 3.8) is 0 Å². The van der Waals surface area contributed by atoms with Crippen LogP contribution in [0.1, 0.15) is 23.7 Å². The third-order valence-electron chi connectivity index (χ3n) is 2.45. The average molecular weight is 274 g/mol. The van der Waals surface area contributed by atoms with Crippen molar-refractivity contribution in [3.8, 4) is 0 Å². The van der Waals surface area contributed by atoms with Gasteiger partial charge in [0.25, 0.3) is 0 Å². The van der Waals surface area contributed by atoms with Gasteiger partial charge in [-0.3, -0.25) is 9.59 Å². The van der Waals surface area contributed by atoms with E-state index in [1.54, 1.807) is 18.2 Å². The lowest BCUT2D eigenvalue weighted by Gasteiger charge is -2.17. The van der Waals surface area contributed by atoms with Crippen LogP contribution in [0.3, 0.4) is 0 Å². The molecule has 3 nitrogen and oxygen atoms in total. The quantitative estimate of drug-likeness (QED) is 0.612. The summed E-state index contributed by atoms with van der Waals surface area (Å²) < 4.78 is 42.5. The van der Waals surface area contributed by atoms with E-state index in [9.17, 15) is 22.8 Å². The zero-order valence-corrected chi connectivity index (χ0v) is 10.2. The summed E-state index contributed by atoms with van der Waals surface area (Å²) >= 11 is 0. The van der Waals surface area contributed by atoms with Crippen LogP contribution >= 0.6 is 0 Å². The molecule has 0 aliphatic carbocycles. The highest BCUT2D eigenvalue weighted by Gasteiger charge is 2.47. The largest absolute Gasteiger partial charge is 0.466 e. The summed E-state index contributed by atoms with van der Waals surface area (Å²) in [5.74, 6) is -4.57. The van der Waals surface area contributed by atoms with E-state index in [0.29, 0.717) is 0 Å². The van der Waals surface area contributed by atoms with Gasteiger partial charge in [0, 0.05) is 12.0 Å². The first-order chi connectivity index (χ1) is 8.86. The van der Waals surface area contributed by atoms with Crippen LogP contribution in [-0.4, -0.2) is 24.5 Å². The van der Waals surface area contributed by atoms with Crippen LogP contribution in [-0.2, 0) is 9.53 Å². The topological polar surface area (TPSA) is 43.4 Å². The van der Waals surface area contributed by atoms with Crippen molar-refractivity contribution < 1.29 is 27.5 Å². The second-order valence-electron chi connectivity index (χ2n) is 3.84. The highest BCUT2D eigenvalue weighted by molar-refractivity contribution is 5.98. The van der Waals surface area contributed by atoms with Gasteiger partial charge in [-0.1, -0.05) is 30.3 Å². The fraction of sp³-hybridized carbons (Fsp3) is 0.385. The van der Waals surface area contributed by atoms with E-state index < -0.39 is 30.3 Å². The molecule has 1 aromatic rings. The van der Waals surface area contributed by atoms with Crippen molar-refractivity contribution in [2.45, 2.75) is 19.5 Å². The number of carbonyl (C=O) groups is 2. The van der Waals surface area contributed by atoms with Gasteiger partial charge in [0.2, 0.25) is 0 Å². The minimum atomic E-state index is -4.79. The zero-order chi connectivity index (χ0) is 14.5. The smallest absolute Gasteiger partial charge is 0.402 e. The summed E-state index contributed by atoms with van der Waals surface area (Å²) in [6, 6.07) is 7.53. The Hall–Kier alpha value is -1.85. The number of hydrogen-bond donors (Lipinski definition) is 0. The first-order valence-corrected chi connectivity index (χ1v) is 5.67. The molecule has 6 heteroatoms. The van der Waals surface area contributed by atoms with E-state index in [2.05, 4.69) is 4.74 Å². The Morgan fingerprint density at radius 3 is 2.26 bits per heavy atom. The zero-order valence-electron chi connectivity index (χ0n) is 10.2. The number of rotatable bonds is 5. The summed E-state index contributed by atoms with van der Waals surface area (Å²) in [4.78, 5) is 23.0. The molecule has 0 aliphatic heterocycles. The number of ether oxygens (including phenoxy) is 1. The van der Waals surface area contributed by atoms with Gasteiger partial charge in [0.05, 0.1) is 6.61 Å². The van der Waals surface area contributed by atoms with Crippen LogP contribution in [0.5, 0.6) is 0 Å². The number of alkyl halides is 3. The van der Waals surface area contributed by atoms with Gasteiger partial charge in [-0.15, -0.1) is 0 Å². The maximum atomic E-state index is 12.7. The van der Waals surface area contributed by atoms with Crippen molar-refractivity contribution in [3.05, 3.63) is 35.9 Å². The van der Waals surface area contributed by atoms with Crippen molar-refractivity contribution >= 4 is 11.8 Å². The molecule has 19 heavy (non-hydrogen) atoms. The third kappa shape index (κ3) is 4.39. The third-order valence-corrected chi connectivity index (χ3v) is 2.45. The number of Topliss-reactive ketones (excluding diaryl/α,β-unsaturated/α-hetero) is 1. The van der Waals surface area contributed by atoms with Crippen molar-refractivity contribution in [1.82, 2.24) is 0 Å². The lowest BCUT2D eigenvalue weighted by atomic mass is 9.98. The van der Waals surface area contributed by atoms with Gasteiger partial charge in [-0.2, -0.15) is 13.2 Å². The molecule has 0 unspecified atom stereocenters. The first-order valence-electron chi connectivity index (χ1n) is 5.67. The highest BCUT2D eigenvalue weighted by Crippen LogP contribution is 2.31. The van der Waals surface area contributed by atoms with E-state index >= 15 is 0 Å². The van der Waals surface area contributed by atoms with E-state index in [4.69, 9.17) is 0 Å². The molecule has 1 atom stereocenters. The van der Waals surface area contributed by atoms with Gasteiger partial charge in [-0.05, 0) is 6.92 Å². The normalized spacial score (nSPS) is 12.8. The second-order valence-corrected chi connectivity index (χ2v) is 3.84. The Morgan fingerprint density at radius 1 is 1.21 bits per heavy atom. The Morgan fingerprint density at radius 2 is 1.79 bits per heavy atom. The maximum absolute atomic E-state index is 12.7. The summed E-state index contributed by atoms with van der Waals surface area (Å²) in [6.07, 6.45) is -5.73. The lowest BCUT2D eigenvalue weighted by molar-refractivity contribution is -0.196. The number of halogens is 3. The number of ketones is 1. The number of carbonyl (C=O) groups excluding carboxylic acids is 2. The average Bonchev–Trinajstić information content (AvgIpc) is 2.35. The molecular formula is C13H13F3O3. The Labute approximate surface area is 108 Å². The number of hydrogen-bond acceptors (Lipinski definition) is 3. The summed E-state index contributed by atoms with van der Waals surface area (Å²) in [6.45, 7) is 1.25. The number of benzene rings is 1. The summed E-state index contributed by atoms with van der Waals surface area (Å²) in [5, 5.41) is 0. The van der Waals surface area contributed by atoms with Crippen LogP contribution in [0, 0.1) is 5.92 Å². The standard InChI is InChI=1S/C13H13F3O3/c1-2-19-12(18)10(13(14,15)16)8-11(17)9-6-4-3-5-7-9/h3-7,10H,2,8H2,1H3/t10-/m0/s1. The Balaban J connectivity index is 2.84. The molecule has 1 rings (SSSR count). The van der Waals surface area contributed by atoms with E-state index in [0.717, 1.165) is 0 Å². The van der Waals surface area contributed by atoms with Crippen LogP contribution < -0.4 is 0 Å². The molecule has 0 heterocycles. The van der Waals surface area contributed by atoms with Crippen LogP contribution in [0.15, 0.2) is 30.3 Å². The van der Waals surface area contributed by atoms with E-state index in [1.807, 2.05) is 0 Å². The van der Waals surface area contributed by atoms with Gasteiger partial charge < -0.3 is 4.74 Å².